The molecule has 10 heteroatoms. The Hall–Kier alpha value is -2.42. The molecule has 0 aromatic carbocycles. The fraction of sp³-hybridized carbons (Fsp3) is 0.545. The molecule has 2 heterocycles. The van der Waals surface area contributed by atoms with Crippen LogP contribution in [-0.2, 0) is 0 Å². The predicted molar refractivity (Wildman–Crippen MR) is 72.9 cm³/mol. The van der Waals surface area contributed by atoms with Crippen molar-refractivity contribution < 1.29 is 10.2 Å². The van der Waals surface area contributed by atoms with Gasteiger partial charge < -0.3 is 20.5 Å². The van der Waals surface area contributed by atoms with Crippen LogP contribution in [0.2, 0.25) is 0 Å². The Labute approximate surface area is 118 Å². The van der Waals surface area contributed by atoms with Gasteiger partial charge in [0.25, 0.3) is 0 Å². The zero-order chi connectivity index (χ0) is 15.0. The maximum absolute atomic E-state index is 10.4. The van der Waals surface area contributed by atoms with Crippen molar-refractivity contribution in [1.82, 2.24) is 19.5 Å². The van der Waals surface area contributed by atoms with Crippen molar-refractivity contribution in [2.75, 3.05) is 12.3 Å². The van der Waals surface area contributed by atoms with E-state index in [9.17, 15) is 10.2 Å². The SMILES string of the molecule is [N-]=[N+]=N[C@@H]1[C@@H](CO)C[C@@H](n2cnc3c(N)ncnc32)[C@H]1O. The highest BCUT2D eigenvalue weighted by atomic mass is 16.3. The number of anilines is 1. The largest absolute Gasteiger partial charge is 0.396 e. The van der Waals surface area contributed by atoms with Crippen LogP contribution < -0.4 is 5.73 Å². The highest BCUT2D eigenvalue weighted by Crippen LogP contribution is 2.38. The van der Waals surface area contributed by atoms with Crippen LogP contribution in [0.25, 0.3) is 21.6 Å². The zero-order valence-corrected chi connectivity index (χ0v) is 11.0. The summed E-state index contributed by atoms with van der Waals surface area (Å²) in [6, 6.07) is -1.07. The van der Waals surface area contributed by atoms with Gasteiger partial charge >= 0.3 is 0 Å². The summed E-state index contributed by atoms with van der Waals surface area (Å²) in [7, 11) is 0. The van der Waals surface area contributed by atoms with E-state index >= 15 is 0 Å². The number of nitrogens with zero attached hydrogens (tertiary/aromatic N) is 7. The summed E-state index contributed by atoms with van der Waals surface area (Å²) in [5.74, 6) is -0.0472. The number of hydrogen-bond acceptors (Lipinski definition) is 7. The summed E-state index contributed by atoms with van der Waals surface area (Å²) in [4.78, 5) is 14.9. The van der Waals surface area contributed by atoms with Crippen molar-refractivity contribution in [2.24, 2.45) is 11.0 Å². The van der Waals surface area contributed by atoms with Gasteiger partial charge in [0.2, 0.25) is 0 Å². The number of hydrogen-bond donors (Lipinski definition) is 3. The number of rotatable bonds is 3. The zero-order valence-electron chi connectivity index (χ0n) is 11.0. The molecular formula is C11H14N8O2. The molecule has 1 aliphatic carbocycles. The molecule has 4 atom stereocenters. The van der Waals surface area contributed by atoms with Gasteiger partial charge in [-0.05, 0) is 17.9 Å². The van der Waals surface area contributed by atoms with Crippen molar-refractivity contribution in [3.8, 4) is 0 Å². The molecule has 4 N–H and O–H groups in total. The molecule has 0 saturated heterocycles. The second-order valence-electron chi connectivity index (χ2n) is 5.01. The van der Waals surface area contributed by atoms with Gasteiger partial charge in [-0.3, -0.25) is 0 Å². The molecule has 10 nitrogen and oxygen atoms in total. The average molecular weight is 290 g/mol. The third-order valence-electron chi connectivity index (χ3n) is 3.94. The summed E-state index contributed by atoms with van der Waals surface area (Å²) in [6.07, 6.45) is 2.38. The molecule has 1 fully saturated rings. The summed E-state index contributed by atoms with van der Waals surface area (Å²) < 4.78 is 1.69. The van der Waals surface area contributed by atoms with Gasteiger partial charge in [-0.25, -0.2) is 15.0 Å². The lowest BCUT2D eigenvalue weighted by molar-refractivity contribution is 0.113. The Morgan fingerprint density at radius 2 is 2.29 bits per heavy atom. The summed E-state index contributed by atoms with van der Waals surface area (Å²) in [6.45, 7) is -0.166. The van der Waals surface area contributed by atoms with Crippen molar-refractivity contribution in [3.63, 3.8) is 0 Å². The third kappa shape index (κ3) is 2.05. The Kier molecular flexibility index (Phi) is 3.34. The number of aliphatic hydroxyl groups is 2. The Morgan fingerprint density at radius 1 is 1.48 bits per heavy atom. The van der Waals surface area contributed by atoms with E-state index < -0.39 is 18.2 Å². The van der Waals surface area contributed by atoms with Gasteiger partial charge in [-0.1, -0.05) is 5.11 Å². The quantitative estimate of drug-likeness (QED) is 0.410. The fourth-order valence-corrected chi connectivity index (χ4v) is 2.89. The number of nitrogen functional groups attached to an aromatic ring is 1. The van der Waals surface area contributed by atoms with Crippen molar-refractivity contribution in [1.29, 1.82) is 0 Å². The van der Waals surface area contributed by atoms with Crippen molar-refractivity contribution in [3.05, 3.63) is 23.1 Å². The summed E-state index contributed by atoms with van der Waals surface area (Å²) >= 11 is 0. The van der Waals surface area contributed by atoms with E-state index in [1.807, 2.05) is 0 Å². The Balaban J connectivity index is 2.03. The second kappa shape index (κ2) is 5.17. The molecule has 2 aromatic heterocycles. The van der Waals surface area contributed by atoms with E-state index in [4.69, 9.17) is 11.3 Å². The lowest BCUT2D eigenvalue weighted by Gasteiger charge is -2.18. The monoisotopic (exact) mass is 290 g/mol. The Bertz CT molecular complexity index is 709. The lowest BCUT2D eigenvalue weighted by atomic mass is 10.1. The highest BCUT2D eigenvalue weighted by molar-refractivity contribution is 5.81. The summed E-state index contributed by atoms with van der Waals surface area (Å²) in [5, 5.41) is 23.4. The van der Waals surface area contributed by atoms with Gasteiger partial charge in [0.1, 0.15) is 11.8 Å². The fourth-order valence-electron chi connectivity index (χ4n) is 2.89. The van der Waals surface area contributed by atoms with E-state index in [1.54, 1.807) is 4.57 Å². The number of fused-ring (bicyclic) bond motifs is 1. The van der Waals surface area contributed by atoms with Gasteiger partial charge in [0.15, 0.2) is 11.5 Å². The minimum Gasteiger partial charge on any atom is -0.396 e. The van der Waals surface area contributed by atoms with Crippen molar-refractivity contribution >= 4 is 17.0 Å². The maximum atomic E-state index is 10.4. The number of nitrogens with two attached hydrogens (primary N) is 1. The smallest absolute Gasteiger partial charge is 0.165 e. The van der Waals surface area contributed by atoms with Crippen LogP contribution in [0.3, 0.4) is 0 Å². The first-order chi connectivity index (χ1) is 10.2. The normalized spacial score (nSPS) is 28.7. The lowest BCUT2D eigenvalue weighted by Crippen LogP contribution is -2.28. The van der Waals surface area contributed by atoms with Gasteiger partial charge in [-0.2, -0.15) is 0 Å². The number of imidazole rings is 1. The van der Waals surface area contributed by atoms with Gasteiger partial charge in [-0.15, -0.1) is 0 Å². The first-order valence-corrected chi connectivity index (χ1v) is 6.43. The number of aliphatic hydroxyl groups excluding tert-OH is 2. The van der Waals surface area contributed by atoms with Crippen LogP contribution in [0, 0.1) is 5.92 Å². The van der Waals surface area contributed by atoms with Crippen LogP contribution in [0.15, 0.2) is 17.8 Å². The molecule has 0 spiro atoms. The second-order valence-corrected chi connectivity index (χ2v) is 5.01. The van der Waals surface area contributed by atoms with E-state index in [2.05, 4.69) is 25.0 Å². The van der Waals surface area contributed by atoms with E-state index in [0.29, 0.717) is 17.6 Å². The molecule has 21 heavy (non-hydrogen) atoms. The first-order valence-electron chi connectivity index (χ1n) is 6.43. The molecule has 0 amide bonds. The maximum Gasteiger partial charge on any atom is 0.165 e. The minimum atomic E-state index is -0.924. The number of aromatic nitrogens is 4. The topological polar surface area (TPSA) is 159 Å². The highest BCUT2D eigenvalue weighted by Gasteiger charge is 2.43. The Morgan fingerprint density at radius 3 is 3.00 bits per heavy atom. The standard InChI is InChI=1S/C11H14N8O2/c12-10-8-11(15-3-14-10)19(4-16-8)6-1-5(2-20)7(9(6)21)17-18-13/h3-7,9,20-21H,1-2H2,(H2,12,14,15)/t5-,6-,7-,9-/m1/s1. The van der Waals surface area contributed by atoms with Gasteiger partial charge in [0.05, 0.1) is 24.5 Å². The van der Waals surface area contributed by atoms with E-state index in [0.717, 1.165) is 0 Å². The third-order valence-corrected chi connectivity index (χ3v) is 3.94. The van der Waals surface area contributed by atoms with Gasteiger partial charge in [0, 0.05) is 11.5 Å². The van der Waals surface area contributed by atoms with E-state index in [-0.39, 0.29) is 18.3 Å². The molecule has 3 rings (SSSR count). The van der Waals surface area contributed by atoms with Crippen molar-refractivity contribution in [2.45, 2.75) is 24.6 Å². The van der Waals surface area contributed by atoms with Crippen LogP contribution >= 0.6 is 0 Å². The molecule has 110 valence electrons. The molecular weight excluding hydrogens is 276 g/mol. The van der Waals surface area contributed by atoms with Crippen LogP contribution in [-0.4, -0.2) is 48.5 Å². The molecule has 0 bridgehead atoms. The molecule has 0 radical (unpaired) electrons. The minimum absolute atomic E-state index is 0.166. The molecule has 0 aliphatic heterocycles. The van der Waals surface area contributed by atoms with Crippen LogP contribution in [0.4, 0.5) is 5.82 Å². The summed E-state index contributed by atoms with van der Waals surface area (Å²) in [5.41, 5.74) is 15.3. The number of azide groups is 1. The molecule has 0 unspecified atom stereocenters. The predicted octanol–water partition coefficient (Wildman–Crippen LogP) is 0.00160. The molecule has 1 aliphatic rings. The van der Waals surface area contributed by atoms with Crippen LogP contribution in [0.5, 0.6) is 0 Å². The average Bonchev–Trinajstić information content (AvgIpc) is 3.03. The molecule has 1 saturated carbocycles. The van der Waals surface area contributed by atoms with Crippen LogP contribution in [0.1, 0.15) is 12.5 Å². The first kappa shape index (κ1) is 13.6. The molecule has 2 aromatic rings. The van der Waals surface area contributed by atoms with E-state index in [1.165, 1.54) is 12.7 Å².